The minimum absolute atomic E-state index is 0.500. The van der Waals surface area contributed by atoms with Gasteiger partial charge in [-0.15, -0.1) is 0 Å². The van der Waals surface area contributed by atoms with Crippen LogP contribution in [0.2, 0.25) is 0 Å². The van der Waals surface area contributed by atoms with Crippen LogP contribution in [-0.4, -0.2) is 44.0 Å². The van der Waals surface area contributed by atoms with Crippen LogP contribution in [0.4, 0.5) is 0 Å². The predicted molar refractivity (Wildman–Crippen MR) is 56.2 cm³/mol. The first kappa shape index (κ1) is 11.3. The molecule has 0 saturated carbocycles. The minimum atomic E-state index is 0.500. The van der Waals surface area contributed by atoms with Gasteiger partial charge in [0.2, 0.25) is 0 Å². The lowest BCUT2D eigenvalue weighted by Gasteiger charge is -2.08. The van der Waals surface area contributed by atoms with Gasteiger partial charge in [-0.2, -0.15) is 11.8 Å². The Morgan fingerprint density at radius 3 is 3.08 bits per heavy atom. The zero-order chi connectivity index (χ0) is 9.36. The average molecular weight is 205 g/mol. The third kappa shape index (κ3) is 5.52. The lowest BCUT2D eigenvalue weighted by atomic mass is 10.3. The fourth-order valence-corrected chi connectivity index (χ4v) is 2.22. The Bertz CT molecular complexity index is 118. The number of hydrogen-bond acceptors (Lipinski definition) is 4. The summed E-state index contributed by atoms with van der Waals surface area (Å²) in [6, 6.07) is 0. The Kier molecular flexibility index (Phi) is 6.62. The highest BCUT2D eigenvalue weighted by Crippen LogP contribution is 2.16. The summed E-state index contributed by atoms with van der Waals surface area (Å²) in [5, 5.41) is 0. The monoisotopic (exact) mass is 205 g/mol. The van der Waals surface area contributed by atoms with Gasteiger partial charge in [0.1, 0.15) is 0 Å². The summed E-state index contributed by atoms with van der Waals surface area (Å²) in [6.07, 6.45) is 2.96. The average Bonchev–Trinajstić information content (AvgIpc) is 2.63. The summed E-state index contributed by atoms with van der Waals surface area (Å²) in [6.45, 7) is 3.07. The second-order valence-corrected chi connectivity index (χ2v) is 4.26. The summed E-state index contributed by atoms with van der Waals surface area (Å²) >= 11 is 1.91. The van der Waals surface area contributed by atoms with Crippen molar-refractivity contribution in [2.45, 2.75) is 18.9 Å². The lowest BCUT2D eigenvalue weighted by Crippen LogP contribution is -2.12. The van der Waals surface area contributed by atoms with Crippen molar-refractivity contribution in [3.05, 3.63) is 0 Å². The minimum Gasteiger partial charge on any atom is -0.379 e. The van der Waals surface area contributed by atoms with Crippen LogP contribution in [0.15, 0.2) is 0 Å². The first-order chi connectivity index (χ1) is 6.43. The van der Waals surface area contributed by atoms with Gasteiger partial charge in [0, 0.05) is 24.7 Å². The van der Waals surface area contributed by atoms with Crippen LogP contribution in [0.3, 0.4) is 0 Å². The van der Waals surface area contributed by atoms with Gasteiger partial charge in [-0.25, -0.2) is 0 Å². The van der Waals surface area contributed by atoms with E-state index in [0.29, 0.717) is 19.3 Å². The standard InChI is InChI=1S/C9H19NO2S/c10-3-5-11-6-7-13-8-9-2-1-4-12-9/h9H,1-8,10H2. The van der Waals surface area contributed by atoms with E-state index in [1.807, 2.05) is 11.8 Å². The maximum absolute atomic E-state index is 5.50. The van der Waals surface area contributed by atoms with E-state index in [1.165, 1.54) is 12.8 Å². The molecule has 0 radical (unpaired) electrons. The van der Waals surface area contributed by atoms with Gasteiger partial charge in [-0.3, -0.25) is 0 Å². The van der Waals surface area contributed by atoms with Crippen molar-refractivity contribution >= 4 is 11.8 Å². The van der Waals surface area contributed by atoms with Crippen LogP contribution in [0.1, 0.15) is 12.8 Å². The molecule has 1 unspecified atom stereocenters. The van der Waals surface area contributed by atoms with E-state index >= 15 is 0 Å². The molecule has 0 amide bonds. The molecule has 0 aromatic carbocycles. The van der Waals surface area contributed by atoms with Crippen LogP contribution < -0.4 is 5.73 Å². The third-order valence-corrected chi connectivity index (χ3v) is 3.02. The van der Waals surface area contributed by atoms with Crippen LogP contribution >= 0.6 is 11.8 Å². The van der Waals surface area contributed by atoms with E-state index in [9.17, 15) is 0 Å². The molecule has 0 aromatic heterocycles. The lowest BCUT2D eigenvalue weighted by molar-refractivity contribution is 0.128. The fraction of sp³-hybridized carbons (Fsp3) is 1.00. The maximum atomic E-state index is 5.50. The first-order valence-electron chi connectivity index (χ1n) is 4.90. The highest BCUT2D eigenvalue weighted by molar-refractivity contribution is 7.99. The van der Waals surface area contributed by atoms with Crippen molar-refractivity contribution < 1.29 is 9.47 Å². The fourth-order valence-electron chi connectivity index (χ4n) is 1.29. The Hall–Kier alpha value is 0.230. The van der Waals surface area contributed by atoms with E-state index in [1.54, 1.807) is 0 Å². The Balaban J connectivity index is 1.78. The summed E-state index contributed by atoms with van der Waals surface area (Å²) in [5.41, 5.74) is 5.29. The zero-order valence-electron chi connectivity index (χ0n) is 8.04. The van der Waals surface area contributed by atoms with Crippen molar-refractivity contribution in [1.82, 2.24) is 0 Å². The van der Waals surface area contributed by atoms with Gasteiger partial charge < -0.3 is 15.2 Å². The first-order valence-corrected chi connectivity index (χ1v) is 6.06. The molecule has 0 spiro atoms. The Morgan fingerprint density at radius 2 is 2.38 bits per heavy atom. The second kappa shape index (κ2) is 7.62. The molecule has 3 nitrogen and oxygen atoms in total. The molecule has 0 aromatic rings. The number of ether oxygens (including phenoxy) is 2. The zero-order valence-corrected chi connectivity index (χ0v) is 8.85. The number of nitrogens with two attached hydrogens (primary N) is 1. The topological polar surface area (TPSA) is 44.5 Å². The molecule has 78 valence electrons. The number of hydrogen-bond donors (Lipinski definition) is 1. The van der Waals surface area contributed by atoms with Crippen LogP contribution in [0.5, 0.6) is 0 Å². The van der Waals surface area contributed by atoms with Crippen LogP contribution in [0, 0.1) is 0 Å². The van der Waals surface area contributed by atoms with Gasteiger partial charge >= 0.3 is 0 Å². The molecule has 1 fully saturated rings. The Morgan fingerprint density at radius 1 is 1.46 bits per heavy atom. The molecular formula is C9H19NO2S. The van der Waals surface area contributed by atoms with E-state index in [2.05, 4.69) is 0 Å². The van der Waals surface area contributed by atoms with E-state index < -0.39 is 0 Å². The van der Waals surface area contributed by atoms with E-state index in [4.69, 9.17) is 15.2 Å². The number of thioether (sulfide) groups is 1. The predicted octanol–water partition coefficient (Wildman–Crippen LogP) is 0.874. The molecule has 1 atom stereocenters. The molecule has 1 saturated heterocycles. The van der Waals surface area contributed by atoms with Gasteiger partial charge in [-0.05, 0) is 12.8 Å². The van der Waals surface area contributed by atoms with Gasteiger partial charge in [0.15, 0.2) is 0 Å². The van der Waals surface area contributed by atoms with Gasteiger partial charge in [-0.1, -0.05) is 0 Å². The molecule has 4 heteroatoms. The quantitative estimate of drug-likeness (QED) is 0.627. The highest BCUT2D eigenvalue weighted by atomic mass is 32.2. The molecule has 2 N–H and O–H groups in total. The molecular weight excluding hydrogens is 186 g/mol. The second-order valence-electron chi connectivity index (χ2n) is 3.11. The largest absolute Gasteiger partial charge is 0.379 e. The molecule has 1 heterocycles. The van der Waals surface area contributed by atoms with Crippen LogP contribution in [0.25, 0.3) is 0 Å². The summed E-state index contributed by atoms with van der Waals surface area (Å²) in [4.78, 5) is 0. The van der Waals surface area contributed by atoms with Gasteiger partial charge in [0.05, 0.1) is 19.3 Å². The summed E-state index contributed by atoms with van der Waals surface area (Å²) in [7, 11) is 0. The molecule has 1 aliphatic heterocycles. The number of rotatable bonds is 7. The van der Waals surface area contributed by atoms with Crippen molar-refractivity contribution in [2.75, 3.05) is 37.9 Å². The maximum Gasteiger partial charge on any atom is 0.0666 e. The van der Waals surface area contributed by atoms with Crippen molar-refractivity contribution in [1.29, 1.82) is 0 Å². The third-order valence-electron chi connectivity index (χ3n) is 1.96. The highest BCUT2D eigenvalue weighted by Gasteiger charge is 2.14. The SMILES string of the molecule is NCCOCCSCC1CCCO1. The normalized spacial score (nSPS) is 22.4. The van der Waals surface area contributed by atoms with E-state index in [-0.39, 0.29) is 0 Å². The molecule has 0 bridgehead atoms. The smallest absolute Gasteiger partial charge is 0.0666 e. The molecule has 1 aliphatic rings. The molecule has 1 rings (SSSR count). The van der Waals surface area contributed by atoms with Crippen LogP contribution in [-0.2, 0) is 9.47 Å². The van der Waals surface area contributed by atoms with Crippen molar-refractivity contribution in [3.8, 4) is 0 Å². The summed E-state index contributed by atoms with van der Waals surface area (Å²) < 4.78 is 10.8. The Labute approximate surface area is 84.3 Å². The molecule has 0 aliphatic carbocycles. The van der Waals surface area contributed by atoms with Crippen molar-refractivity contribution in [3.63, 3.8) is 0 Å². The van der Waals surface area contributed by atoms with Gasteiger partial charge in [0.25, 0.3) is 0 Å². The summed E-state index contributed by atoms with van der Waals surface area (Å²) in [5.74, 6) is 2.17. The molecule has 13 heavy (non-hydrogen) atoms. The van der Waals surface area contributed by atoms with Crippen molar-refractivity contribution in [2.24, 2.45) is 5.73 Å². The van der Waals surface area contributed by atoms with E-state index in [0.717, 1.165) is 24.7 Å².